The van der Waals surface area contributed by atoms with Crippen molar-refractivity contribution in [2.45, 2.75) is 19.5 Å². The van der Waals surface area contributed by atoms with Gasteiger partial charge in [0.1, 0.15) is 12.4 Å². The Morgan fingerprint density at radius 2 is 1.91 bits per heavy atom. The van der Waals surface area contributed by atoms with E-state index in [4.69, 9.17) is 23.7 Å². The van der Waals surface area contributed by atoms with E-state index < -0.39 is 12.3 Å². The molecule has 0 spiro atoms. The van der Waals surface area contributed by atoms with Crippen molar-refractivity contribution in [3.8, 4) is 17.2 Å². The van der Waals surface area contributed by atoms with Gasteiger partial charge in [-0.3, -0.25) is 0 Å². The van der Waals surface area contributed by atoms with E-state index in [0.717, 1.165) is 26.7 Å². The molecule has 162 valence electrons. The highest BCUT2D eigenvalue weighted by Crippen LogP contribution is 2.38. The van der Waals surface area contributed by atoms with Crippen LogP contribution in [0.15, 0.2) is 71.2 Å². The van der Waals surface area contributed by atoms with Crippen LogP contribution in [0.25, 0.3) is 6.08 Å². The van der Waals surface area contributed by atoms with Gasteiger partial charge in [0.05, 0.1) is 6.61 Å². The van der Waals surface area contributed by atoms with Crippen molar-refractivity contribution < 1.29 is 28.5 Å². The van der Waals surface area contributed by atoms with Crippen molar-refractivity contribution in [2.75, 3.05) is 6.79 Å². The average Bonchev–Trinajstić information content (AvgIpc) is 3.29. The molecule has 0 bridgehead atoms. The fraction of sp³-hybridized carbons (Fsp3) is 0.160. The molecular weight excluding hydrogens is 476 g/mol. The Morgan fingerprint density at radius 1 is 1.06 bits per heavy atom. The van der Waals surface area contributed by atoms with E-state index in [2.05, 4.69) is 15.9 Å². The first-order valence-electron chi connectivity index (χ1n) is 10.0. The lowest BCUT2D eigenvalue weighted by Crippen LogP contribution is -2.19. The lowest BCUT2D eigenvalue weighted by atomic mass is 10.1. The zero-order valence-electron chi connectivity index (χ0n) is 17.0. The summed E-state index contributed by atoms with van der Waals surface area (Å²) in [5.41, 5.74) is 3.41. The van der Waals surface area contributed by atoms with E-state index in [-0.39, 0.29) is 13.4 Å². The quantitative estimate of drug-likeness (QED) is 0.342. The second-order valence-electron chi connectivity index (χ2n) is 7.28. The van der Waals surface area contributed by atoms with Crippen LogP contribution in [0.3, 0.4) is 0 Å². The van der Waals surface area contributed by atoms with Crippen molar-refractivity contribution in [3.63, 3.8) is 0 Å². The van der Waals surface area contributed by atoms with E-state index in [0.29, 0.717) is 23.9 Å². The minimum absolute atomic E-state index is 0.0770. The topological polar surface area (TPSA) is 63.2 Å². The van der Waals surface area contributed by atoms with Gasteiger partial charge in [-0.15, -0.1) is 0 Å². The third-order valence-corrected chi connectivity index (χ3v) is 5.53. The highest BCUT2D eigenvalue weighted by Gasteiger charge is 2.25. The Kier molecular flexibility index (Phi) is 5.83. The van der Waals surface area contributed by atoms with Crippen LogP contribution in [-0.2, 0) is 27.5 Å². The lowest BCUT2D eigenvalue weighted by Gasteiger charge is -2.28. The van der Waals surface area contributed by atoms with Crippen molar-refractivity contribution in [1.29, 1.82) is 0 Å². The predicted molar refractivity (Wildman–Crippen MR) is 120 cm³/mol. The number of rotatable bonds is 5. The first-order valence-corrected chi connectivity index (χ1v) is 10.8. The van der Waals surface area contributed by atoms with Crippen molar-refractivity contribution in [2.24, 2.45) is 0 Å². The van der Waals surface area contributed by atoms with E-state index in [9.17, 15) is 4.79 Å². The van der Waals surface area contributed by atoms with Crippen LogP contribution in [0.4, 0.5) is 0 Å². The third kappa shape index (κ3) is 4.49. The van der Waals surface area contributed by atoms with Gasteiger partial charge in [0, 0.05) is 27.2 Å². The molecule has 1 atom stereocenters. The van der Waals surface area contributed by atoms with E-state index in [1.165, 1.54) is 6.08 Å². The molecule has 32 heavy (non-hydrogen) atoms. The number of carbonyl (C=O) groups is 1. The van der Waals surface area contributed by atoms with E-state index in [1.807, 2.05) is 60.7 Å². The monoisotopic (exact) mass is 494 g/mol. The van der Waals surface area contributed by atoms with Crippen LogP contribution in [0.5, 0.6) is 17.2 Å². The molecule has 0 saturated heterocycles. The zero-order chi connectivity index (χ0) is 21.9. The number of hydrogen-bond donors (Lipinski definition) is 0. The van der Waals surface area contributed by atoms with Crippen molar-refractivity contribution in [1.82, 2.24) is 0 Å². The van der Waals surface area contributed by atoms with Crippen molar-refractivity contribution >= 4 is 28.0 Å². The molecule has 0 radical (unpaired) electrons. The van der Waals surface area contributed by atoms with Gasteiger partial charge in [-0.2, -0.15) is 0 Å². The fourth-order valence-electron chi connectivity index (χ4n) is 3.54. The van der Waals surface area contributed by atoms with Gasteiger partial charge < -0.3 is 23.7 Å². The smallest absolute Gasteiger partial charge is 0.331 e. The number of halogens is 1. The second kappa shape index (κ2) is 9.06. The molecule has 0 aliphatic carbocycles. The van der Waals surface area contributed by atoms with Gasteiger partial charge in [0.15, 0.2) is 11.5 Å². The summed E-state index contributed by atoms with van der Waals surface area (Å²) in [5, 5.41) is 0. The molecule has 5 rings (SSSR count). The van der Waals surface area contributed by atoms with E-state index >= 15 is 0 Å². The molecule has 2 heterocycles. The summed E-state index contributed by atoms with van der Waals surface area (Å²) in [4.78, 5) is 12.3. The Labute approximate surface area is 193 Å². The summed E-state index contributed by atoms with van der Waals surface area (Å²) in [6.45, 7) is 0.687. The summed E-state index contributed by atoms with van der Waals surface area (Å²) in [6, 6.07) is 19.0. The lowest BCUT2D eigenvalue weighted by molar-refractivity contribution is -0.139. The van der Waals surface area contributed by atoms with Gasteiger partial charge in [0.25, 0.3) is 0 Å². The molecule has 0 saturated carbocycles. The SMILES string of the molecule is O=C(/C=C/c1ccc2c(c1)OCO2)OCc1cc(Br)cc2c1OC(c1ccccc1)OC2. The maximum atomic E-state index is 12.3. The van der Waals surface area contributed by atoms with Gasteiger partial charge in [-0.25, -0.2) is 4.79 Å². The van der Waals surface area contributed by atoms with Crippen molar-refractivity contribution in [3.05, 3.63) is 93.5 Å². The Bertz CT molecular complexity index is 1170. The maximum Gasteiger partial charge on any atom is 0.331 e. The summed E-state index contributed by atoms with van der Waals surface area (Å²) in [5.74, 6) is 1.58. The highest BCUT2D eigenvalue weighted by molar-refractivity contribution is 9.10. The molecule has 3 aromatic carbocycles. The number of fused-ring (bicyclic) bond motifs is 2. The Hall–Kier alpha value is -3.29. The summed E-state index contributed by atoms with van der Waals surface area (Å²) < 4.78 is 29.0. The standard InChI is InChI=1S/C25H19BrO6/c26-20-11-18(24-19(12-20)14-29-25(32-24)17-4-2-1-3-5-17)13-28-23(27)9-7-16-6-8-21-22(10-16)31-15-30-21/h1-12,25H,13-15H2/b9-7+. The molecule has 0 N–H and O–H groups in total. The molecule has 7 heteroatoms. The number of ether oxygens (including phenoxy) is 5. The second-order valence-corrected chi connectivity index (χ2v) is 8.19. The van der Waals surface area contributed by atoms with Crippen LogP contribution in [0.1, 0.15) is 28.5 Å². The molecule has 2 aliphatic heterocycles. The number of benzene rings is 3. The molecule has 3 aromatic rings. The Balaban J connectivity index is 1.27. The van der Waals surface area contributed by atoms with E-state index in [1.54, 1.807) is 6.08 Å². The molecule has 1 unspecified atom stereocenters. The van der Waals surface area contributed by atoms with Crippen LogP contribution in [-0.4, -0.2) is 12.8 Å². The molecular formula is C25H19BrO6. The number of carbonyl (C=O) groups excluding carboxylic acids is 1. The molecule has 2 aliphatic rings. The van der Waals surface area contributed by atoms with Crippen LogP contribution in [0, 0.1) is 0 Å². The molecule has 6 nitrogen and oxygen atoms in total. The minimum Gasteiger partial charge on any atom is -0.460 e. The first-order chi connectivity index (χ1) is 15.7. The molecule has 0 aromatic heterocycles. The summed E-state index contributed by atoms with van der Waals surface area (Å²) in [7, 11) is 0. The molecule has 0 fully saturated rings. The largest absolute Gasteiger partial charge is 0.460 e. The van der Waals surface area contributed by atoms with Gasteiger partial charge >= 0.3 is 5.97 Å². The average molecular weight is 495 g/mol. The van der Waals surface area contributed by atoms with Crippen LogP contribution in [0.2, 0.25) is 0 Å². The maximum absolute atomic E-state index is 12.3. The Morgan fingerprint density at radius 3 is 2.78 bits per heavy atom. The van der Waals surface area contributed by atoms with Crippen LogP contribution >= 0.6 is 15.9 Å². The number of hydrogen-bond acceptors (Lipinski definition) is 6. The minimum atomic E-state index is -0.509. The number of esters is 1. The van der Waals surface area contributed by atoms with Gasteiger partial charge in [0.2, 0.25) is 13.1 Å². The molecule has 0 amide bonds. The zero-order valence-corrected chi connectivity index (χ0v) is 18.5. The fourth-order valence-corrected chi connectivity index (χ4v) is 4.09. The highest BCUT2D eigenvalue weighted by atomic mass is 79.9. The normalized spacial score (nSPS) is 16.5. The van der Waals surface area contributed by atoms with Gasteiger partial charge in [-0.05, 0) is 35.9 Å². The first kappa shape index (κ1) is 20.6. The summed E-state index contributed by atoms with van der Waals surface area (Å²) in [6.07, 6.45) is 2.56. The van der Waals surface area contributed by atoms with Gasteiger partial charge in [-0.1, -0.05) is 52.3 Å². The predicted octanol–water partition coefficient (Wildman–Crippen LogP) is 5.54. The summed E-state index contributed by atoms with van der Waals surface area (Å²) >= 11 is 3.51. The van der Waals surface area contributed by atoms with Crippen LogP contribution < -0.4 is 14.2 Å². The third-order valence-electron chi connectivity index (χ3n) is 5.07.